The molecule has 2 N–H and O–H groups in total. The molecule has 0 aliphatic heterocycles. The molecular weight excluding hydrogens is 313 g/mol. The molecule has 1 rings (SSSR count). The van der Waals surface area contributed by atoms with Crippen molar-refractivity contribution in [1.29, 1.82) is 0 Å². The fourth-order valence-electron chi connectivity index (χ4n) is 1.19. The largest absolute Gasteiger partial charge is 0.390 e. The number of para-hydroxylation sites is 1. The summed E-state index contributed by atoms with van der Waals surface area (Å²) in [6.45, 7) is -0.426. The number of rotatable bonds is 5. The Labute approximate surface area is 111 Å². The zero-order chi connectivity index (χ0) is 13.6. The van der Waals surface area contributed by atoms with Gasteiger partial charge in [-0.3, -0.25) is 4.79 Å². The summed E-state index contributed by atoms with van der Waals surface area (Å²) in [5, 5.41) is 5.01. The third kappa shape index (κ3) is 6.02. The first-order valence-corrected chi connectivity index (χ1v) is 5.99. The lowest BCUT2D eigenvalue weighted by Crippen LogP contribution is -2.30. The number of nitrogens with one attached hydrogen (secondary N) is 2. The Morgan fingerprint density at radius 3 is 2.56 bits per heavy atom. The number of amides is 1. The molecule has 7 heteroatoms. The topological polar surface area (TPSA) is 41.1 Å². The van der Waals surface area contributed by atoms with Crippen LogP contribution in [-0.4, -0.2) is 25.2 Å². The Morgan fingerprint density at radius 2 is 1.94 bits per heavy atom. The van der Waals surface area contributed by atoms with Gasteiger partial charge in [0.15, 0.2) is 0 Å². The van der Waals surface area contributed by atoms with E-state index in [4.69, 9.17) is 0 Å². The Bertz CT molecular complexity index is 410. The Kier molecular flexibility index (Phi) is 5.61. The van der Waals surface area contributed by atoms with Crippen LogP contribution in [-0.2, 0) is 4.79 Å². The van der Waals surface area contributed by atoms with Crippen molar-refractivity contribution in [3.8, 4) is 0 Å². The molecule has 0 aliphatic rings. The number of alkyl halides is 3. The molecule has 0 bridgehead atoms. The average molecular weight is 325 g/mol. The van der Waals surface area contributed by atoms with Crippen molar-refractivity contribution in [2.75, 3.05) is 18.4 Å². The maximum absolute atomic E-state index is 11.8. The molecule has 0 aliphatic carbocycles. The minimum Gasteiger partial charge on any atom is -0.324 e. The van der Waals surface area contributed by atoms with Crippen LogP contribution in [0.15, 0.2) is 28.7 Å². The minimum absolute atomic E-state index is 0.155. The first kappa shape index (κ1) is 15.0. The van der Waals surface area contributed by atoms with Gasteiger partial charge in [0.05, 0.1) is 18.7 Å². The standard InChI is InChI=1S/C11H12BrF3N2O/c12-8-3-1-2-4-9(8)17-10(18)7-16-6-5-11(13,14)15/h1-4,16H,5-7H2,(H,17,18). The lowest BCUT2D eigenvalue weighted by Gasteiger charge is -2.09. The van der Waals surface area contributed by atoms with E-state index in [1.54, 1.807) is 24.3 Å². The maximum atomic E-state index is 11.8. The van der Waals surface area contributed by atoms with Crippen LogP contribution in [0.1, 0.15) is 6.42 Å². The molecular formula is C11H12BrF3N2O. The fraction of sp³-hybridized carbons (Fsp3) is 0.364. The summed E-state index contributed by atoms with van der Waals surface area (Å²) in [6.07, 6.45) is -5.15. The second-order valence-corrected chi connectivity index (χ2v) is 4.42. The van der Waals surface area contributed by atoms with Gasteiger partial charge in [-0.05, 0) is 28.1 Å². The van der Waals surface area contributed by atoms with Crippen molar-refractivity contribution < 1.29 is 18.0 Å². The van der Waals surface area contributed by atoms with Crippen LogP contribution >= 0.6 is 15.9 Å². The van der Waals surface area contributed by atoms with E-state index in [1.165, 1.54) is 0 Å². The second kappa shape index (κ2) is 6.75. The van der Waals surface area contributed by atoms with Crippen LogP contribution < -0.4 is 10.6 Å². The van der Waals surface area contributed by atoms with E-state index >= 15 is 0 Å². The normalized spacial score (nSPS) is 11.3. The quantitative estimate of drug-likeness (QED) is 0.818. The Hall–Kier alpha value is -1.08. The molecule has 0 saturated heterocycles. The van der Waals surface area contributed by atoms with E-state index in [9.17, 15) is 18.0 Å². The summed E-state index contributed by atoms with van der Waals surface area (Å²) < 4.78 is 36.2. The SMILES string of the molecule is O=C(CNCCC(F)(F)F)Nc1ccccc1Br. The molecule has 1 amide bonds. The van der Waals surface area contributed by atoms with E-state index in [1.807, 2.05) is 0 Å². The molecule has 0 aromatic heterocycles. The molecule has 0 spiro atoms. The highest BCUT2D eigenvalue weighted by Gasteiger charge is 2.26. The third-order valence-corrected chi connectivity index (χ3v) is 2.71. The van der Waals surface area contributed by atoms with Gasteiger partial charge in [-0.15, -0.1) is 0 Å². The number of benzene rings is 1. The third-order valence-electron chi connectivity index (χ3n) is 2.02. The fourth-order valence-corrected chi connectivity index (χ4v) is 1.57. The number of anilines is 1. The van der Waals surface area contributed by atoms with E-state index < -0.39 is 12.6 Å². The van der Waals surface area contributed by atoms with Crippen molar-refractivity contribution in [2.45, 2.75) is 12.6 Å². The lowest BCUT2D eigenvalue weighted by atomic mass is 10.3. The lowest BCUT2D eigenvalue weighted by molar-refractivity contribution is -0.134. The summed E-state index contributed by atoms with van der Waals surface area (Å²) in [5.74, 6) is -0.385. The van der Waals surface area contributed by atoms with Gasteiger partial charge in [0.1, 0.15) is 0 Å². The van der Waals surface area contributed by atoms with Crippen LogP contribution in [0.4, 0.5) is 18.9 Å². The predicted octanol–water partition coefficient (Wildman–Crippen LogP) is 2.93. The van der Waals surface area contributed by atoms with Gasteiger partial charge in [0.25, 0.3) is 0 Å². The second-order valence-electron chi connectivity index (χ2n) is 3.57. The molecule has 3 nitrogen and oxygen atoms in total. The minimum atomic E-state index is -4.20. The number of halogens is 4. The van der Waals surface area contributed by atoms with Gasteiger partial charge in [-0.25, -0.2) is 0 Å². The molecule has 1 aromatic carbocycles. The van der Waals surface area contributed by atoms with Crippen molar-refractivity contribution in [3.63, 3.8) is 0 Å². The summed E-state index contributed by atoms with van der Waals surface area (Å²) in [6, 6.07) is 6.99. The number of hydrogen-bond acceptors (Lipinski definition) is 2. The van der Waals surface area contributed by atoms with Crippen LogP contribution in [0.5, 0.6) is 0 Å². The molecule has 18 heavy (non-hydrogen) atoms. The monoisotopic (exact) mass is 324 g/mol. The van der Waals surface area contributed by atoms with Crippen LogP contribution in [0.2, 0.25) is 0 Å². The van der Waals surface area contributed by atoms with Gasteiger partial charge in [0, 0.05) is 11.0 Å². The Balaban J connectivity index is 2.29. The molecule has 0 fully saturated rings. The number of carbonyl (C=O) groups is 1. The Morgan fingerprint density at radius 1 is 1.28 bits per heavy atom. The van der Waals surface area contributed by atoms with Crippen molar-refractivity contribution >= 4 is 27.5 Å². The maximum Gasteiger partial charge on any atom is 0.390 e. The number of hydrogen-bond donors (Lipinski definition) is 2. The summed E-state index contributed by atoms with van der Waals surface area (Å²) in [7, 11) is 0. The van der Waals surface area contributed by atoms with Crippen LogP contribution in [0.3, 0.4) is 0 Å². The van der Waals surface area contributed by atoms with Gasteiger partial charge < -0.3 is 10.6 Å². The number of carbonyl (C=O) groups excluding carboxylic acids is 1. The molecule has 0 radical (unpaired) electrons. The molecule has 1 aromatic rings. The van der Waals surface area contributed by atoms with Crippen LogP contribution in [0, 0.1) is 0 Å². The van der Waals surface area contributed by atoms with Gasteiger partial charge in [0.2, 0.25) is 5.91 Å². The van der Waals surface area contributed by atoms with Crippen molar-refractivity contribution in [3.05, 3.63) is 28.7 Å². The van der Waals surface area contributed by atoms with Crippen LogP contribution in [0.25, 0.3) is 0 Å². The van der Waals surface area contributed by atoms with Gasteiger partial charge in [-0.2, -0.15) is 13.2 Å². The highest BCUT2D eigenvalue weighted by atomic mass is 79.9. The molecule has 0 heterocycles. The molecule has 0 atom stereocenters. The average Bonchev–Trinajstić information content (AvgIpc) is 2.26. The zero-order valence-corrected chi connectivity index (χ0v) is 10.9. The summed E-state index contributed by atoms with van der Waals surface area (Å²) >= 11 is 3.25. The van der Waals surface area contributed by atoms with Crippen molar-refractivity contribution in [1.82, 2.24) is 5.32 Å². The first-order chi connectivity index (χ1) is 8.38. The summed E-state index contributed by atoms with van der Waals surface area (Å²) in [5.41, 5.74) is 0.583. The van der Waals surface area contributed by atoms with Gasteiger partial charge >= 0.3 is 6.18 Å². The molecule has 0 saturated carbocycles. The van der Waals surface area contributed by atoms with E-state index in [0.717, 1.165) is 0 Å². The summed E-state index contributed by atoms with van der Waals surface area (Å²) in [4.78, 5) is 11.4. The van der Waals surface area contributed by atoms with Crippen molar-refractivity contribution in [2.24, 2.45) is 0 Å². The highest BCUT2D eigenvalue weighted by molar-refractivity contribution is 9.10. The zero-order valence-electron chi connectivity index (χ0n) is 9.35. The highest BCUT2D eigenvalue weighted by Crippen LogP contribution is 2.21. The predicted molar refractivity (Wildman–Crippen MR) is 66.3 cm³/mol. The molecule has 0 unspecified atom stereocenters. The first-order valence-electron chi connectivity index (χ1n) is 5.20. The van der Waals surface area contributed by atoms with Gasteiger partial charge in [-0.1, -0.05) is 12.1 Å². The smallest absolute Gasteiger partial charge is 0.324 e. The van der Waals surface area contributed by atoms with E-state index in [-0.39, 0.29) is 19.0 Å². The van der Waals surface area contributed by atoms with E-state index in [2.05, 4.69) is 26.6 Å². The molecule has 100 valence electrons. The van der Waals surface area contributed by atoms with E-state index in [0.29, 0.717) is 10.2 Å².